The Morgan fingerprint density at radius 2 is 2.42 bits per heavy atom. The van der Waals surface area contributed by atoms with Crippen LogP contribution in [0, 0.1) is 4.91 Å². The third-order valence-corrected chi connectivity index (χ3v) is 2.71. The number of hydrogen-bond acceptors (Lipinski definition) is 5. The molecule has 0 aromatic rings. The number of nitrogens with zero attached hydrogens (tertiary/aromatic N) is 3. The van der Waals surface area contributed by atoms with Gasteiger partial charge in [0.1, 0.15) is 5.16 Å². The molecule has 0 amide bonds. The van der Waals surface area contributed by atoms with E-state index in [-0.39, 0.29) is 0 Å². The Kier molecular flexibility index (Phi) is 6.67. The molecule has 1 rings (SSSR count). The lowest BCUT2D eigenvalue weighted by Crippen LogP contribution is -2.36. The van der Waals surface area contributed by atoms with Gasteiger partial charge < -0.3 is 10.2 Å². The Labute approximate surface area is 117 Å². The fourth-order valence-corrected chi connectivity index (χ4v) is 1.72. The van der Waals surface area contributed by atoms with Crippen LogP contribution < -0.4 is 10.7 Å². The van der Waals surface area contributed by atoms with Gasteiger partial charge in [0.25, 0.3) is 0 Å². The Morgan fingerprint density at radius 3 is 3.11 bits per heavy atom. The van der Waals surface area contributed by atoms with E-state index in [0.29, 0.717) is 30.8 Å². The van der Waals surface area contributed by atoms with E-state index in [1.54, 1.807) is 12.2 Å². The van der Waals surface area contributed by atoms with Crippen LogP contribution in [-0.4, -0.2) is 37.0 Å². The van der Waals surface area contributed by atoms with Crippen molar-refractivity contribution in [2.45, 2.75) is 6.92 Å². The molecule has 1 heterocycles. The molecule has 0 fully saturated rings. The summed E-state index contributed by atoms with van der Waals surface area (Å²) in [5.74, 6) is 0.516. The molecule has 0 aliphatic carbocycles. The van der Waals surface area contributed by atoms with E-state index >= 15 is 0 Å². The van der Waals surface area contributed by atoms with Crippen molar-refractivity contribution in [1.82, 2.24) is 15.6 Å². The maximum absolute atomic E-state index is 10.2. The molecule has 0 saturated carbocycles. The highest BCUT2D eigenvalue weighted by molar-refractivity contribution is 6.29. The van der Waals surface area contributed by atoms with Crippen LogP contribution in [0.25, 0.3) is 0 Å². The highest BCUT2D eigenvalue weighted by Gasteiger charge is 2.16. The van der Waals surface area contributed by atoms with Gasteiger partial charge in [0, 0.05) is 19.6 Å². The highest BCUT2D eigenvalue weighted by Crippen LogP contribution is 2.06. The summed E-state index contributed by atoms with van der Waals surface area (Å²) in [4.78, 5) is 16.3. The fraction of sp³-hybridized carbons (Fsp3) is 0.417. The van der Waals surface area contributed by atoms with Gasteiger partial charge in [-0.1, -0.05) is 29.3 Å². The molecule has 19 heavy (non-hydrogen) atoms. The van der Waals surface area contributed by atoms with Crippen LogP contribution in [0.5, 0.6) is 0 Å². The molecule has 0 radical (unpaired) electrons. The van der Waals surface area contributed by atoms with Crippen molar-refractivity contribution in [1.29, 1.82) is 0 Å². The Balaban J connectivity index is 2.49. The fourth-order valence-electron chi connectivity index (χ4n) is 1.58. The van der Waals surface area contributed by atoms with Crippen LogP contribution in [0.3, 0.4) is 0 Å². The van der Waals surface area contributed by atoms with E-state index in [9.17, 15) is 4.91 Å². The van der Waals surface area contributed by atoms with E-state index in [1.807, 2.05) is 17.9 Å². The first-order valence-corrected chi connectivity index (χ1v) is 6.30. The van der Waals surface area contributed by atoms with E-state index in [1.165, 1.54) is 0 Å². The van der Waals surface area contributed by atoms with Crippen molar-refractivity contribution < 1.29 is 0 Å². The Morgan fingerprint density at radius 1 is 1.63 bits per heavy atom. The van der Waals surface area contributed by atoms with Crippen molar-refractivity contribution in [3.05, 3.63) is 40.4 Å². The summed E-state index contributed by atoms with van der Waals surface area (Å²) in [5.41, 5.74) is 3.44. The van der Waals surface area contributed by atoms with Gasteiger partial charge in [-0.25, -0.2) is 10.4 Å². The molecular weight excluding hydrogens is 266 g/mol. The SMILES string of the molecule is C=CCN/C(Cl)=C\C=C(/C)CN1CCN=C1NN=O. The minimum absolute atomic E-state index is 0.516. The Hall–Kier alpha value is -1.82. The molecule has 0 aromatic carbocycles. The molecule has 1 aliphatic heterocycles. The molecule has 6 nitrogen and oxygen atoms in total. The average molecular weight is 284 g/mol. The molecule has 0 aromatic heterocycles. The Bertz CT molecular complexity index is 416. The summed E-state index contributed by atoms with van der Waals surface area (Å²) in [6.45, 7) is 8.32. The monoisotopic (exact) mass is 283 g/mol. The minimum Gasteiger partial charge on any atom is -0.372 e. The molecule has 2 N–H and O–H groups in total. The standard InChI is InChI=1S/C12H18ClN5O/c1-3-6-14-11(13)5-4-10(2)9-18-8-7-15-12(18)16-17-19/h3-5,14H,1,6-9H2,2H3,(H,15,16,19)/b10-4+,11-5-. The number of aliphatic imine (C=N–C) groups is 1. The van der Waals surface area contributed by atoms with Gasteiger partial charge in [0.2, 0.25) is 5.96 Å². The summed E-state index contributed by atoms with van der Waals surface area (Å²) < 4.78 is 0. The molecule has 104 valence electrons. The van der Waals surface area contributed by atoms with Crippen LogP contribution >= 0.6 is 11.6 Å². The summed E-state index contributed by atoms with van der Waals surface area (Å²) in [6.07, 6.45) is 5.44. The summed E-state index contributed by atoms with van der Waals surface area (Å²) in [5, 5.41) is 6.16. The number of allylic oxidation sites excluding steroid dienone is 2. The first-order chi connectivity index (χ1) is 9.17. The molecule has 0 spiro atoms. The lowest BCUT2D eigenvalue weighted by Gasteiger charge is -2.18. The smallest absolute Gasteiger partial charge is 0.217 e. The van der Waals surface area contributed by atoms with Gasteiger partial charge in [-0.2, -0.15) is 0 Å². The summed E-state index contributed by atoms with van der Waals surface area (Å²) in [6, 6.07) is 0. The third-order valence-electron chi connectivity index (χ3n) is 2.45. The number of nitroso groups, excluding NO2 is 1. The van der Waals surface area contributed by atoms with Gasteiger partial charge in [0.15, 0.2) is 0 Å². The van der Waals surface area contributed by atoms with Crippen molar-refractivity contribution in [3.8, 4) is 0 Å². The average Bonchev–Trinajstić information content (AvgIpc) is 2.82. The van der Waals surface area contributed by atoms with Crippen LogP contribution in [0.4, 0.5) is 0 Å². The second kappa shape index (κ2) is 8.31. The highest BCUT2D eigenvalue weighted by atomic mass is 35.5. The van der Waals surface area contributed by atoms with Crippen molar-refractivity contribution in [2.24, 2.45) is 10.3 Å². The molecule has 0 saturated heterocycles. The normalized spacial score (nSPS) is 16.1. The van der Waals surface area contributed by atoms with Gasteiger partial charge in [0.05, 0.1) is 11.8 Å². The van der Waals surface area contributed by atoms with Crippen molar-refractivity contribution in [2.75, 3.05) is 26.2 Å². The van der Waals surface area contributed by atoms with Gasteiger partial charge in [-0.05, 0) is 13.0 Å². The zero-order valence-corrected chi connectivity index (χ0v) is 11.7. The van der Waals surface area contributed by atoms with Gasteiger partial charge >= 0.3 is 0 Å². The van der Waals surface area contributed by atoms with Crippen LogP contribution in [0.1, 0.15) is 6.92 Å². The molecule has 0 unspecified atom stereocenters. The second-order valence-electron chi connectivity index (χ2n) is 4.03. The number of halogens is 1. The largest absolute Gasteiger partial charge is 0.372 e. The minimum atomic E-state index is 0.516. The second-order valence-corrected chi connectivity index (χ2v) is 4.43. The van der Waals surface area contributed by atoms with Gasteiger partial charge in [-0.15, -0.1) is 11.5 Å². The number of guanidine groups is 1. The van der Waals surface area contributed by atoms with Crippen molar-refractivity contribution in [3.63, 3.8) is 0 Å². The number of nitrogens with one attached hydrogen (secondary N) is 2. The van der Waals surface area contributed by atoms with Crippen LogP contribution in [0.15, 0.2) is 45.8 Å². The zero-order valence-electron chi connectivity index (χ0n) is 10.9. The maximum atomic E-state index is 10.2. The van der Waals surface area contributed by atoms with Crippen LogP contribution in [-0.2, 0) is 0 Å². The summed E-state index contributed by atoms with van der Waals surface area (Å²) in [7, 11) is 0. The molecule has 1 aliphatic rings. The lowest BCUT2D eigenvalue weighted by atomic mass is 10.2. The quantitative estimate of drug-likeness (QED) is 0.245. The predicted molar refractivity (Wildman–Crippen MR) is 78.7 cm³/mol. The third kappa shape index (κ3) is 5.56. The zero-order chi connectivity index (χ0) is 14.1. The molecule has 0 atom stereocenters. The summed E-state index contributed by atoms with van der Waals surface area (Å²) >= 11 is 5.95. The number of hydrogen-bond donors (Lipinski definition) is 2. The van der Waals surface area contributed by atoms with Crippen molar-refractivity contribution >= 4 is 17.6 Å². The van der Waals surface area contributed by atoms with E-state index in [4.69, 9.17) is 11.6 Å². The first-order valence-electron chi connectivity index (χ1n) is 5.93. The molecular formula is C12H18ClN5O. The topological polar surface area (TPSA) is 69.1 Å². The van der Waals surface area contributed by atoms with Crippen LogP contribution in [0.2, 0.25) is 0 Å². The lowest BCUT2D eigenvalue weighted by molar-refractivity contribution is 0.479. The van der Waals surface area contributed by atoms with Gasteiger partial charge in [-0.3, -0.25) is 0 Å². The van der Waals surface area contributed by atoms with E-state index in [0.717, 1.165) is 12.1 Å². The first kappa shape index (κ1) is 15.2. The molecule has 0 bridgehead atoms. The predicted octanol–water partition coefficient (Wildman–Crippen LogP) is 1.73. The molecule has 7 heteroatoms. The maximum Gasteiger partial charge on any atom is 0.217 e. The number of rotatable bonds is 7. The van der Waals surface area contributed by atoms with E-state index < -0.39 is 0 Å². The van der Waals surface area contributed by atoms with E-state index in [2.05, 4.69) is 27.6 Å².